The number of nitrogens with zero attached hydrogens (tertiary/aromatic N) is 1. The molecule has 21 heavy (non-hydrogen) atoms. The second-order valence-corrected chi connectivity index (χ2v) is 5.81. The van der Waals surface area contributed by atoms with Gasteiger partial charge < -0.3 is 15.0 Å². The van der Waals surface area contributed by atoms with Crippen LogP contribution in [-0.2, 0) is 14.3 Å². The van der Waals surface area contributed by atoms with E-state index in [1.807, 2.05) is 13.8 Å². The minimum Gasteiger partial charge on any atom is -0.372 e. The molecule has 1 saturated heterocycles. The fourth-order valence-corrected chi connectivity index (χ4v) is 2.61. The van der Waals surface area contributed by atoms with Crippen LogP contribution in [0.4, 0.5) is 5.69 Å². The van der Waals surface area contributed by atoms with Crippen molar-refractivity contribution in [1.82, 2.24) is 4.90 Å². The Hall–Kier alpha value is -1.30. The first kappa shape index (κ1) is 16.1. The van der Waals surface area contributed by atoms with Crippen LogP contribution in [0.25, 0.3) is 0 Å². The quantitative estimate of drug-likeness (QED) is 0.805. The molecule has 0 radical (unpaired) electrons. The maximum Gasteiger partial charge on any atom is 0.313 e. The molecule has 1 N–H and O–H groups in total. The Kier molecular flexibility index (Phi) is 5.08. The number of hydrogen-bond donors (Lipinski definition) is 1. The number of amides is 2. The lowest BCUT2D eigenvalue weighted by Gasteiger charge is -2.34. The van der Waals surface area contributed by atoms with Gasteiger partial charge in [0.05, 0.1) is 27.9 Å². The van der Waals surface area contributed by atoms with Crippen molar-refractivity contribution in [3.63, 3.8) is 0 Å². The van der Waals surface area contributed by atoms with E-state index in [9.17, 15) is 9.59 Å². The van der Waals surface area contributed by atoms with Gasteiger partial charge in [0.1, 0.15) is 0 Å². The van der Waals surface area contributed by atoms with Crippen molar-refractivity contribution >= 4 is 40.7 Å². The van der Waals surface area contributed by atoms with Gasteiger partial charge in [-0.15, -0.1) is 0 Å². The van der Waals surface area contributed by atoms with E-state index in [1.165, 1.54) is 4.90 Å². The zero-order valence-corrected chi connectivity index (χ0v) is 13.2. The van der Waals surface area contributed by atoms with Crippen molar-refractivity contribution < 1.29 is 14.3 Å². The monoisotopic (exact) mass is 330 g/mol. The smallest absolute Gasteiger partial charge is 0.313 e. The van der Waals surface area contributed by atoms with Crippen LogP contribution in [0.5, 0.6) is 0 Å². The van der Waals surface area contributed by atoms with E-state index in [1.54, 1.807) is 18.2 Å². The Labute approximate surface area is 133 Å². The van der Waals surface area contributed by atoms with Crippen molar-refractivity contribution in [1.29, 1.82) is 0 Å². The van der Waals surface area contributed by atoms with Gasteiger partial charge in [-0.2, -0.15) is 0 Å². The summed E-state index contributed by atoms with van der Waals surface area (Å²) in [5, 5.41) is 3.02. The van der Waals surface area contributed by atoms with Gasteiger partial charge in [0.15, 0.2) is 0 Å². The van der Waals surface area contributed by atoms with E-state index in [2.05, 4.69) is 5.32 Å². The Morgan fingerprint density at radius 3 is 2.48 bits per heavy atom. The van der Waals surface area contributed by atoms with Crippen LogP contribution in [0.15, 0.2) is 18.2 Å². The highest BCUT2D eigenvalue weighted by molar-refractivity contribution is 6.45. The highest BCUT2D eigenvalue weighted by Crippen LogP contribution is 2.29. The molecule has 0 aromatic heterocycles. The SMILES string of the molecule is CC1CN(C(=O)C(=O)Nc2cccc(Cl)c2Cl)CC(C)O1. The highest BCUT2D eigenvalue weighted by Gasteiger charge is 2.30. The zero-order valence-electron chi connectivity index (χ0n) is 11.7. The van der Waals surface area contributed by atoms with Gasteiger partial charge in [0, 0.05) is 13.1 Å². The first-order valence-corrected chi connectivity index (χ1v) is 7.33. The van der Waals surface area contributed by atoms with Crippen LogP contribution in [-0.4, -0.2) is 42.0 Å². The molecule has 2 amide bonds. The molecule has 0 bridgehead atoms. The molecule has 1 aromatic rings. The Balaban J connectivity index is 2.06. The number of carbonyl (C=O) groups is 2. The Bertz CT molecular complexity index is 555. The van der Waals surface area contributed by atoms with E-state index >= 15 is 0 Å². The van der Waals surface area contributed by atoms with E-state index in [-0.39, 0.29) is 17.2 Å². The molecule has 1 aliphatic rings. The average molecular weight is 331 g/mol. The minimum absolute atomic E-state index is 0.0970. The van der Waals surface area contributed by atoms with Gasteiger partial charge in [-0.25, -0.2) is 0 Å². The standard InChI is InChI=1S/C14H16Cl2N2O3/c1-8-6-18(7-9(2)21-8)14(20)13(19)17-11-5-3-4-10(15)12(11)16/h3-5,8-9H,6-7H2,1-2H3,(H,17,19). The van der Waals surface area contributed by atoms with E-state index in [0.717, 1.165) is 0 Å². The third kappa shape index (κ3) is 3.87. The van der Waals surface area contributed by atoms with Crippen LogP contribution in [0.2, 0.25) is 10.0 Å². The highest BCUT2D eigenvalue weighted by atomic mass is 35.5. The molecular formula is C14H16Cl2N2O3. The largest absolute Gasteiger partial charge is 0.372 e. The fraction of sp³-hybridized carbons (Fsp3) is 0.429. The van der Waals surface area contributed by atoms with Crippen molar-refractivity contribution in [3.8, 4) is 0 Å². The van der Waals surface area contributed by atoms with Crippen molar-refractivity contribution in [2.24, 2.45) is 0 Å². The van der Waals surface area contributed by atoms with Crippen LogP contribution >= 0.6 is 23.2 Å². The molecule has 2 unspecified atom stereocenters. The molecule has 1 heterocycles. The van der Waals surface area contributed by atoms with Crippen LogP contribution in [0.1, 0.15) is 13.8 Å². The number of morpholine rings is 1. The Morgan fingerprint density at radius 1 is 1.24 bits per heavy atom. The van der Waals surface area contributed by atoms with Gasteiger partial charge in [0.25, 0.3) is 0 Å². The minimum atomic E-state index is -0.736. The maximum absolute atomic E-state index is 12.2. The van der Waals surface area contributed by atoms with Gasteiger partial charge in [-0.05, 0) is 26.0 Å². The number of hydrogen-bond acceptors (Lipinski definition) is 3. The first-order chi connectivity index (χ1) is 9.88. The van der Waals surface area contributed by atoms with E-state index in [0.29, 0.717) is 23.8 Å². The number of benzene rings is 1. The predicted molar refractivity (Wildman–Crippen MR) is 81.7 cm³/mol. The first-order valence-electron chi connectivity index (χ1n) is 6.58. The molecule has 7 heteroatoms. The second-order valence-electron chi connectivity index (χ2n) is 5.02. The van der Waals surface area contributed by atoms with Gasteiger partial charge >= 0.3 is 11.8 Å². The van der Waals surface area contributed by atoms with Crippen molar-refractivity contribution in [2.75, 3.05) is 18.4 Å². The third-order valence-electron chi connectivity index (χ3n) is 3.10. The molecule has 114 valence electrons. The summed E-state index contributed by atoms with van der Waals surface area (Å²) < 4.78 is 5.54. The number of nitrogens with one attached hydrogen (secondary N) is 1. The lowest BCUT2D eigenvalue weighted by Crippen LogP contribution is -2.51. The van der Waals surface area contributed by atoms with Crippen LogP contribution < -0.4 is 5.32 Å². The maximum atomic E-state index is 12.2. The fourth-order valence-electron chi connectivity index (χ4n) is 2.26. The normalized spacial score (nSPS) is 22.0. The Morgan fingerprint density at radius 2 is 1.86 bits per heavy atom. The average Bonchev–Trinajstić information content (AvgIpc) is 2.42. The second kappa shape index (κ2) is 6.64. The zero-order chi connectivity index (χ0) is 15.6. The lowest BCUT2D eigenvalue weighted by molar-refractivity contribution is -0.151. The molecule has 1 aromatic carbocycles. The lowest BCUT2D eigenvalue weighted by atomic mass is 10.2. The van der Waals surface area contributed by atoms with E-state index in [4.69, 9.17) is 27.9 Å². The van der Waals surface area contributed by atoms with Gasteiger partial charge in [-0.1, -0.05) is 29.3 Å². The topological polar surface area (TPSA) is 58.6 Å². The molecule has 0 saturated carbocycles. The summed E-state index contributed by atoms with van der Waals surface area (Å²) in [5.41, 5.74) is 0.317. The molecule has 1 fully saturated rings. The predicted octanol–water partition coefficient (Wildman–Crippen LogP) is 2.57. The van der Waals surface area contributed by atoms with Crippen LogP contribution in [0, 0.1) is 0 Å². The van der Waals surface area contributed by atoms with Crippen molar-refractivity contribution in [3.05, 3.63) is 28.2 Å². The molecule has 2 rings (SSSR count). The third-order valence-corrected chi connectivity index (χ3v) is 3.92. The molecule has 2 atom stereocenters. The molecule has 5 nitrogen and oxygen atoms in total. The van der Waals surface area contributed by atoms with Crippen LogP contribution in [0.3, 0.4) is 0 Å². The van der Waals surface area contributed by atoms with Gasteiger partial charge in [0.2, 0.25) is 0 Å². The summed E-state index contributed by atoms with van der Waals surface area (Å²) in [6.45, 7) is 4.50. The summed E-state index contributed by atoms with van der Waals surface area (Å²) >= 11 is 11.9. The summed E-state index contributed by atoms with van der Waals surface area (Å²) in [4.78, 5) is 25.7. The summed E-state index contributed by atoms with van der Waals surface area (Å²) in [6.07, 6.45) is -0.194. The number of halogens is 2. The molecule has 1 aliphatic heterocycles. The number of anilines is 1. The van der Waals surface area contributed by atoms with Gasteiger partial charge in [-0.3, -0.25) is 9.59 Å². The number of ether oxygens (including phenoxy) is 1. The molecule has 0 aliphatic carbocycles. The van der Waals surface area contributed by atoms with E-state index < -0.39 is 11.8 Å². The van der Waals surface area contributed by atoms with Crippen molar-refractivity contribution in [2.45, 2.75) is 26.1 Å². The number of carbonyl (C=O) groups excluding carboxylic acids is 2. The summed E-state index contributed by atoms with van der Waals surface area (Å²) in [5.74, 6) is -1.34. The summed E-state index contributed by atoms with van der Waals surface area (Å²) in [7, 11) is 0. The summed E-state index contributed by atoms with van der Waals surface area (Å²) in [6, 6.07) is 4.84. The molecular weight excluding hydrogens is 315 g/mol. The number of rotatable bonds is 1. The molecule has 0 spiro atoms.